The van der Waals surface area contributed by atoms with Gasteiger partial charge in [0.05, 0.1) is 17.9 Å². The number of hydrogen-bond acceptors (Lipinski definition) is 10. The summed E-state index contributed by atoms with van der Waals surface area (Å²) in [5.74, 6) is 10.8. The Kier molecular flexibility index (Phi) is 7.22. The van der Waals surface area contributed by atoms with E-state index >= 15 is 0 Å². The maximum absolute atomic E-state index is 11.8. The highest BCUT2D eigenvalue weighted by molar-refractivity contribution is 5.91. The van der Waals surface area contributed by atoms with Crippen LogP contribution in [0.25, 0.3) is 5.70 Å². The average molecular weight is 415 g/mol. The SMILES string of the molecule is CC(C)(C)OC(=O)Nc1ccc(/C(N)=C/N(N)Cc2ccc(C(=O)NN)nn2)cn1. The molecule has 0 spiro atoms. The second kappa shape index (κ2) is 9.62. The summed E-state index contributed by atoms with van der Waals surface area (Å²) < 4.78 is 5.17. The van der Waals surface area contributed by atoms with Crippen LogP contribution in [-0.2, 0) is 11.3 Å². The van der Waals surface area contributed by atoms with Gasteiger partial charge < -0.3 is 15.5 Å². The highest BCUT2D eigenvalue weighted by Gasteiger charge is 2.16. The summed E-state index contributed by atoms with van der Waals surface area (Å²) >= 11 is 0. The van der Waals surface area contributed by atoms with E-state index < -0.39 is 17.6 Å². The van der Waals surface area contributed by atoms with Crippen LogP contribution in [0, 0.1) is 0 Å². The number of nitrogen functional groups attached to an aromatic ring is 1. The van der Waals surface area contributed by atoms with Crippen LogP contribution in [0.5, 0.6) is 0 Å². The Morgan fingerprint density at radius 2 is 1.93 bits per heavy atom. The number of anilines is 1. The predicted molar refractivity (Wildman–Crippen MR) is 110 cm³/mol. The first-order valence-corrected chi connectivity index (χ1v) is 8.86. The van der Waals surface area contributed by atoms with E-state index in [1.54, 1.807) is 39.0 Å². The largest absolute Gasteiger partial charge is 0.444 e. The van der Waals surface area contributed by atoms with Gasteiger partial charge in [-0.15, -0.1) is 5.10 Å². The fraction of sp³-hybridized carbons (Fsp3) is 0.278. The van der Waals surface area contributed by atoms with Gasteiger partial charge in [-0.25, -0.2) is 21.5 Å². The van der Waals surface area contributed by atoms with Gasteiger partial charge >= 0.3 is 6.09 Å². The summed E-state index contributed by atoms with van der Waals surface area (Å²) in [5, 5.41) is 11.5. The van der Waals surface area contributed by atoms with Crippen molar-refractivity contribution in [3.8, 4) is 0 Å². The van der Waals surface area contributed by atoms with E-state index in [0.717, 1.165) is 0 Å². The van der Waals surface area contributed by atoms with Crippen molar-refractivity contribution in [2.45, 2.75) is 32.9 Å². The van der Waals surface area contributed by atoms with Gasteiger partial charge in [0.1, 0.15) is 11.4 Å². The lowest BCUT2D eigenvalue weighted by Crippen LogP contribution is -2.31. The van der Waals surface area contributed by atoms with Crippen molar-refractivity contribution >= 4 is 23.5 Å². The van der Waals surface area contributed by atoms with Gasteiger partial charge in [-0.3, -0.25) is 15.5 Å². The van der Waals surface area contributed by atoms with Crippen molar-refractivity contribution in [3.05, 3.63) is 53.6 Å². The van der Waals surface area contributed by atoms with E-state index in [0.29, 0.717) is 22.8 Å². The first kappa shape index (κ1) is 22.5. The molecule has 0 saturated heterocycles. The topological polar surface area (TPSA) is 187 Å². The van der Waals surface area contributed by atoms with Gasteiger partial charge in [0, 0.05) is 18.0 Å². The number of hydrogen-bond donors (Lipinski definition) is 5. The molecule has 0 aliphatic rings. The van der Waals surface area contributed by atoms with Gasteiger partial charge in [-0.05, 0) is 45.0 Å². The van der Waals surface area contributed by atoms with E-state index in [1.165, 1.54) is 23.5 Å². The van der Waals surface area contributed by atoms with Crippen LogP contribution in [0.1, 0.15) is 42.5 Å². The highest BCUT2D eigenvalue weighted by atomic mass is 16.6. The Balaban J connectivity index is 1.97. The molecule has 2 aromatic rings. The van der Waals surface area contributed by atoms with Crippen LogP contribution in [0.4, 0.5) is 10.6 Å². The van der Waals surface area contributed by atoms with Crippen molar-refractivity contribution in [2.24, 2.45) is 17.4 Å². The molecule has 2 heterocycles. The molecule has 0 aliphatic heterocycles. The lowest BCUT2D eigenvalue weighted by atomic mass is 10.2. The minimum Gasteiger partial charge on any atom is -0.444 e. The number of nitrogens with two attached hydrogens (primary N) is 3. The number of aromatic nitrogens is 3. The third-order valence-corrected chi connectivity index (χ3v) is 3.46. The van der Waals surface area contributed by atoms with E-state index in [9.17, 15) is 9.59 Å². The molecule has 0 saturated carbocycles. The number of carbonyl (C=O) groups is 2. The Bertz CT molecular complexity index is 906. The van der Waals surface area contributed by atoms with Crippen LogP contribution in [-0.4, -0.2) is 37.8 Å². The zero-order valence-corrected chi connectivity index (χ0v) is 16.9. The number of carbonyl (C=O) groups excluding carboxylic acids is 2. The van der Waals surface area contributed by atoms with Crippen molar-refractivity contribution in [2.75, 3.05) is 5.32 Å². The van der Waals surface area contributed by atoms with Gasteiger partial charge in [-0.1, -0.05) is 0 Å². The molecule has 0 aliphatic carbocycles. The highest BCUT2D eigenvalue weighted by Crippen LogP contribution is 2.13. The summed E-state index contributed by atoms with van der Waals surface area (Å²) in [4.78, 5) is 27.3. The number of rotatable bonds is 6. The molecule has 12 heteroatoms. The molecule has 2 aromatic heterocycles. The Morgan fingerprint density at radius 3 is 2.47 bits per heavy atom. The van der Waals surface area contributed by atoms with Crippen LogP contribution in [0.15, 0.2) is 36.7 Å². The molecule has 0 fully saturated rings. The fourth-order valence-corrected chi connectivity index (χ4v) is 2.17. The second-order valence-corrected chi connectivity index (χ2v) is 7.20. The molecule has 0 radical (unpaired) electrons. The van der Waals surface area contributed by atoms with Crippen LogP contribution in [0.3, 0.4) is 0 Å². The second-order valence-electron chi connectivity index (χ2n) is 7.20. The number of nitrogens with one attached hydrogen (secondary N) is 2. The van der Waals surface area contributed by atoms with E-state index in [1.807, 2.05) is 5.43 Å². The molecule has 0 bridgehead atoms. The van der Waals surface area contributed by atoms with Gasteiger partial charge in [-0.2, -0.15) is 5.10 Å². The zero-order valence-electron chi connectivity index (χ0n) is 16.9. The minimum absolute atomic E-state index is 0.0889. The maximum atomic E-state index is 11.8. The monoisotopic (exact) mass is 415 g/mol. The first-order valence-electron chi connectivity index (χ1n) is 8.86. The van der Waals surface area contributed by atoms with Crippen LogP contribution < -0.4 is 28.2 Å². The number of hydrazine groups is 2. The minimum atomic E-state index is -0.608. The van der Waals surface area contributed by atoms with Crippen molar-refractivity contribution in [3.63, 3.8) is 0 Å². The lowest BCUT2D eigenvalue weighted by Gasteiger charge is -2.19. The number of nitrogens with zero attached hydrogens (tertiary/aromatic N) is 4. The molecule has 2 amide bonds. The number of amides is 2. The standard InChI is InChI=1S/C18H25N9O3/c1-18(2,3)30-17(29)23-15-7-4-11(8-22-15)13(19)10-27(21)9-12-5-6-14(26-25-12)16(28)24-20/h4-8,10H,9,19-21H2,1-3H3,(H,24,28)(H,22,23,29)/b13-10-. The Hall–Kier alpha value is -3.77. The average Bonchev–Trinajstić information content (AvgIpc) is 2.66. The van der Waals surface area contributed by atoms with Gasteiger partial charge in [0.2, 0.25) is 0 Å². The number of pyridine rings is 1. The molecule has 0 unspecified atom stereocenters. The van der Waals surface area contributed by atoms with E-state index in [2.05, 4.69) is 20.5 Å². The first-order chi connectivity index (χ1) is 14.1. The molecular weight excluding hydrogens is 390 g/mol. The quantitative estimate of drug-likeness (QED) is 0.252. The molecule has 0 atom stereocenters. The van der Waals surface area contributed by atoms with E-state index in [4.69, 9.17) is 22.2 Å². The van der Waals surface area contributed by atoms with Crippen LogP contribution in [0.2, 0.25) is 0 Å². The molecular formula is C18H25N9O3. The van der Waals surface area contributed by atoms with Gasteiger partial charge in [0.25, 0.3) is 5.91 Å². The molecule has 160 valence electrons. The summed E-state index contributed by atoms with van der Waals surface area (Å²) in [5.41, 5.74) is 8.97. The maximum Gasteiger partial charge on any atom is 0.413 e. The number of ether oxygens (including phenoxy) is 1. The molecule has 8 N–H and O–H groups in total. The zero-order chi connectivity index (χ0) is 22.3. The normalized spacial score (nSPS) is 11.6. The predicted octanol–water partition coefficient (Wildman–Crippen LogP) is 0.455. The van der Waals surface area contributed by atoms with Crippen molar-refractivity contribution in [1.29, 1.82) is 0 Å². The summed E-state index contributed by atoms with van der Waals surface area (Å²) in [7, 11) is 0. The van der Waals surface area contributed by atoms with Gasteiger partial charge in [0.15, 0.2) is 5.69 Å². The third kappa shape index (κ3) is 7.00. The summed E-state index contributed by atoms with van der Waals surface area (Å²) in [6, 6.07) is 6.35. The Labute approximate surface area is 173 Å². The Morgan fingerprint density at radius 1 is 1.20 bits per heavy atom. The van der Waals surface area contributed by atoms with Crippen molar-refractivity contribution in [1.82, 2.24) is 25.6 Å². The molecule has 30 heavy (non-hydrogen) atoms. The molecule has 2 rings (SSSR count). The molecule has 0 aromatic carbocycles. The lowest BCUT2D eigenvalue weighted by molar-refractivity contribution is 0.0635. The fourth-order valence-electron chi connectivity index (χ4n) is 2.17. The van der Waals surface area contributed by atoms with Crippen LogP contribution >= 0.6 is 0 Å². The van der Waals surface area contributed by atoms with E-state index in [-0.39, 0.29) is 12.2 Å². The summed E-state index contributed by atoms with van der Waals surface area (Å²) in [6.45, 7) is 5.50. The molecule has 12 nitrogen and oxygen atoms in total. The smallest absolute Gasteiger partial charge is 0.413 e. The third-order valence-electron chi connectivity index (χ3n) is 3.46. The summed E-state index contributed by atoms with van der Waals surface area (Å²) in [6.07, 6.45) is 2.39. The van der Waals surface area contributed by atoms with Crippen molar-refractivity contribution < 1.29 is 14.3 Å².